The largest absolute Gasteiger partial charge is 0.507 e. The van der Waals surface area contributed by atoms with Crippen LogP contribution in [-0.4, -0.2) is 109 Å². The highest BCUT2D eigenvalue weighted by molar-refractivity contribution is 6.02. The lowest BCUT2D eigenvalue weighted by molar-refractivity contribution is 0.0201. The monoisotopic (exact) mass is 1150 g/mol. The van der Waals surface area contributed by atoms with Gasteiger partial charge < -0.3 is 38.8 Å². The minimum Gasteiger partial charge on any atom is -0.507 e. The predicted molar refractivity (Wildman–Crippen MR) is 312 cm³/mol. The molecule has 17 nitrogen and oxygen atoms in total. The minimum absolute atomic E-state index is 0.0278. The number of amides is 1. The first kappa shape index (κ1) is 57.1. The highest BCUT2D eigenvalue weighted by Crippen LogP contribution is 2.48. The Labute approximate surface area is 482 Å². The highest BCUT2D eigenvalue weighted by atomic mass is 19.1. The lowest BCUT2D eigenvalue weighted by Gasteiger charge is -2.41. The first-order valence-corrected chi connectivity index (χ1v) is 28.2. The summed E-state index contributed by atoms with van der Waals surface area (Å²) in [6, 6.07) is 14.0. The van der Waals surface area contributed by atoms with Crippen molar-refractivity contribution in [2.24, 2.45) is 0 Å². The number of carbonyl (C=O) groups is 1. The van der Waals surface area contributed by atoms with Gasteiger partial charge in [-0.05, 0) is 125 Å². The molecule has 1 amide bonds. The molecular formula is C63H65F4N9O8. The molecule has 84 heavy (non-hydrogen) atoms. The van der Waals surface area contributed by atoms with Crippen molar-refractivity contribution in [2.75, 3.05) is 56.3 Å². The number of nitrogens with zero attached hydrogens (tertiary/aromatic N) is 9. The fourth-order valence-corrected chi connectivity index (χ4v) is 12.0. The Morgan fingerprint density at radius 2 is 1.20 bits per heavy atom. The summed E-state index contributed by atoms with van der Waals surface area (Å²) in [6.45, 7) is 18.6. The number of piperidine rings is 1. The lowest BCUT2D eigenvalue weighted by Crippen LogP contribution is -2.57. The van der Waals surface area contributed by atoms with Gasteiger partial charge in [0.1, 0.15) is 53.6 Å². The summed E-state index contributed by atoms with van der Waals surface area (Å²) in [5.74, 6) is -3.17. The molecule has 1 N–H and O–H groups in total. The number of aromatic hydroxyl groups is 1. The van der Waals surface area contributed by atoms with E-state index in [9.17, 15) is 19.5 Å². The van der Waals surface area contributed by atoms with Crippen molar-refractivity contribution < 1.29 is 46.4 Å². The molecule has 0 bridgehead atoms. The highest BCUT2D eigenvalue weighted by Gasteiger charge is 2.40. The van der Waals surface area contributed by atoms with Gasteiger partial charge in [-0.3, -0.25) is 19.1 Å². The molecule has 0 unspecified atom stereocenters. The summed E-state index contributed by atoms with van der Waals surface area (Å²) in [4.78, 5) is 64.7. The second kappa shape index (κ2) is 22.1. The van der Waals surface area contributed by atoms with Gasteiger partial charge in [0.15, 0.2) is 23.1 Å². The number of pyridine rings is 2. The number of carbonyl (C=O) groups excluding carboxylic acids is 1. The van der Waals surface area contributed by atoms with Gasteiger partial charge in [0.05, 0.1) is 74.9 Å². The van der Waals surface area contributed by atoms with E-state index < -0.39 is 58.1 Å². The van der Waals surface area contributed by atoms with E-state index in [0.29, 0.717) is 59.1 Å². The number of rotatable bonds is 7. The fraction of sp³-hybridized carbons (Fsp3) is 0.381. The molecular weight excluding hydrogens is 1090 g/mol. The zero-order valence-corrected chi connectivity index (χ0v) is 48.4. The molecule has 2 atom stereocenters. The molecule has 2 saturated heterocycles. The molecule has 12 rings (SSSR count). The maximum atomic E-state index is 16.8. The van der Waals surface area contributed by atoms with Crippen molar-refractivity contribution in [2.45, 2.75) is 111 Å². The van der Waals surface area contributed by atoms with E-state index in [1.807, 2.05) is 51.3 Å². The van der Waals surface area contributed by atoms with E-state index in [1.54, 1.807) is 56.3 Å². The quantitative estimate of drug-likeness (QED) is 0.149. The topological polar surface area (TPSA) is 180 Å². The summed E-state index contributed by atoms with van der Waals surface area (Å²) in [7, 11) is 1.38. The van der Waals surface area contributed by atoms with Crippen LogP contribution in [0.1, 0.15) is 102 Å². The van der Waals surface area contributed by atoms with Gasteiger partial charge in [-0.15, -0.1) is 0 Å². The summed E-state index contributed by atoms with van der Waals surface area (Å²) in [6.07, 6.45) is 5.62. The van der Waals surface area contributed by atoms with Crippen LogP contribution in [0.3, 0.4) is 0 Å². The van der Waals surface area contributed by atoms with Crippen LogP contribution < -0.4 is 35.4 Å². The smallest absolute Gasteiger partial charge is 0.410 e. The van der Waals surface area contributed by atoms with E-state index in [2.05, 4.69) is 19.9 Å². The third kappa shape index (κ3) is 9.93. The fourth-order valence-electron chi connectivity index (χ4n) is 12.0. The number of fused-ring (bicyclic) bond motifs is 4. The molecule has 0 saturated carbocycles. The molecule has 2 fully saturated rings. The summed E-state index contributed by atoms with van der Waals surface area (Å²) < 4.78 is 89.8. The van der Waals surface area contributed by atoms with Crippen LogP contribution in [0.15, 0.2) is 82.6 Å². The second-order valence-electron chi connectivity index (χ2n) is 23.3. The Morgan fingerprint density at radius 1 is 0.690 bits per heavy atom. The van der Waals surface area contributed by atoms with Gasteiger partial charge in [0, 0.05) is 49.7 Å². The van der Waals surface area contributed by atoms with E-state index in [0.717, 1.165) is 36.5 Å². The summed E-state index contributed by atoms with van der Waals surface area (Å²) >= 11 is 0. The average Bonchev–Trinajstić information content (AvgIpc) is 1.33. The third-order valence-corrected chi connectivity index (χ3v) is 15.8. The van der Waals surface area contributed by atoms with Crippen molar-refractivity contribution in [1.29, 1.82) is 0 Å². The molecule has 438 valence electrons. The minimum atomic E-state index is -0.819. The molecule has 21 heteroatoms. The number of piperazine rings is 1. The van der Waals surface area contributed by atoms with Crippen molar-refractivity contribution in [3.63, 3.8) is 0 Å². The van der Waals surface area contributed by atoms with Crippen molar-refractivity contribution in [1.82, 2.24) is 34.0 Å². The van der Waals surface area contributed by atoms with E-state index in [4.69, 9.17) is 18.9 Å². The first-order valence-electron chi connectivity index (χ1n) is 28.2. The zero-order chi connectivity index (χ0) is 59.8. The van der Waals surface area contributed by atoms with Gasteiger partial charge in [0.25, 0.3) is 0 Å². The van der Waals surface area contributed by atoms with Crippen LogP contribution in [0, 0.1) is 37.1 Å². The Balaban J connectivity index is 0.000000178. The van der Waals surface area contributed by atoms with E-state index >= 15 is 17.6 Å². The number of hydrogen-bond donors (Lipinski definition) is 1. The molecule has 0 spiro atoms. The summed E-state index contributed by atoms with van der Waals surface area (Å²) in [5, 5.41) is 11.2. The third-order valence-electron chi connectivity index (χ3n) is 15.8. The molecule has 4 aliphatic heterocycles. The van der Waals surface area contributed by atoms with E-state index in [-0.39, 0.29) is 93.9 Å². The van der Waals surface area contributed by atoms with Crippen LogP contribution in [-0.2, 0) is 4.74 Å². The van der Waals surface area contributed by atoms with Crippen molar-refractivity contribution in [3.05, 3.63) is 140 Å². The zero-order valence-electron chi connectivity index (χ0n) is 48.4. The number of benzene rings is 4. The van der Waals surface area contributed by atoms with Gasteiger partial charge >= 0.3 is 17.5 Å². The van der Waals surface area contributed by atoms with Crippen LogP contribution >= 0.6 is 0 Å². The normalized spacial score (nSPS) is 16.5. The standard InChI is InChI=1S/C34H37F2N5O5.C29H28F2N4O3/c1-18(2)28-29(19(3)11-12-37-28)41-23-15-21(25-22(35)9-8-10-24(25)44-7)27(36)30-26(23)31(38-32(41)42)40-14-13-39(16-20(40)17-45-30)33(43)46-34(4,5)6;1-15(2)25-26(16(3)10-11-32-25)35-20-13-18(22-19(30)8-6-9-21(22)36)24(31)27-23(20)28(33-29(35)37)34-12-5-4-7-17(34)14-38-27/h8-12,15,18,20H,13-14,16-17H2,1-7H3;6,8-11,13,15,17,36H,4-5,7,12,14H2,1-3H3/t20-;17-/m00/s1. The van der Waals surface area contributed by atoms with Crippen LogP contribution in [0.2, 0.25) is 0 Å². The molecule has 8 heterocycles. The number of anilines is 2. The Hall–Kier alpha value is -8.75. The number of hydrogen-bond acceptors (Lipinski definition) is 14. The molecule has 0 aliphatic carbocycles. The Bertz CT molecular complexity index is 4070. The first-order chi connectivity index (χ1) is 40.1. The van der Waals surface area contributed by atoms with Crippen molar-refractivity contribution in [3.8, 4) is 56.6 Å². The van der Waals surface area contributed by atoms with Crippen LogP contribution in [0.4, 0.5) is 34.0 Å². The number of ether oxygens (including phenoxy) is 4. The molecule has 4 aliphatic rings. The Morgan fingerprint density at radius 3 is 1.73 bits per heavy atom. The number of aryl methyl sites for hydroxylation is 2. The van der Waals surface area contributed by atoms with Crippen LogP contribution in [0.25, 0.3) is 55.4 Å². The second-order valence-corrected chi connectivity index (χ2v) is 23.3. The van der Waals surface area contributed by atoms with Gasteiger partial charge in [0.2, 0.25) is 0 Å². The van der Waals surface area contributed by atoms with Gasteiger partial charge in [-0.2, -0.15) is 9.97 Å². The molecule has 4 aromatic heterocycles. The van der Waals surface area contributed by atoms with Gasteiger partial charge in [-0.25, -0.2) is 31.9 Å². The predicted octanol–water partition coefficient (Wildman–Crippen LogP) is 11.6. The number of phenolic OH excluding ortho intramolecular Hbond substituents is 1. The number of aromatic nitrogens is 6. The van der Waals surface area contributed by atoms with Gasteiger partial charge in [-0.1, -0.05) is 39.8 Å². The lowest BCUT2D eigenvalue weighted by atomic mass is 9.98. The number of methoxy groups -OCH3 is 1. The SMILES string of the molecule is COc1cccc(F)c1-c1cc2c3c(nc(=O)n2-c2c(C)ccnc2C(C)C)N2CCN(C(=O)OC(C)(C)C)C[C@H]2COc3c1F.Cc1ccnc(C(C)C)c1-n1c(=O)nc2c3c(c(F)c(-c4c(O)cccc4F)cc31)OC[C@@H]1CCCCN21. The summed E-state index contributed by atoms with van der Waals surface area (Å²) in [5.41, 5.74) is 1.96. The van der Waals surface area contributed by atoms with E-state index in [1.165, 1.54) is 52.6 Å². The number of phenols is 1. The van der Waals surface area contributed by atoms with Crippen LogP contribution in [0.5, 0.6) is 23.0 Å². The maximum Gasteiger partial charge on any atom is 0.410 e. The molecule has 8 aromatic rings. The average molecular weight is 1150 g/mol. The van der Waals surface area contributed by atoms with Crippen molar-refractivity contribution >= 4 is 39.5 Å². The Kier molecular flexibility index (Phi) is 15.0. The number of halogens is 4. The molecule has 4 aromatic carbocycles. The molecule has 0 radical (unpaired) electrons. The maximum absolute atomic E-state index is 16.8.